The van der Waals surface area contributed by atoms with Crippen LogP contribution in [0.15, 0.2) is 18.2 Å². The standard InChI is InChI=1S/C13H19FN2O/c1-13(8-15,9-3-4-9)16-10-5-6-11(14)12(7-10)17-2/h5-7,9,16H,3-4,8,15H2,1-2H3. The van der Waals surface area contributed by atoms with Crippen molar-refractivity contribution in [3.63, 3.8) is 0 Å². The van der Waals surface area contributed by atoms with Crippen LogP contribution in [0.4, 0.5) is 10.1 Å². The Bertz CT molecular complexity index is 406. The Morgan fingerprint density at radius 2 is 2.24 bits per heavy atom. The van der Waals surface area contributed by atoms with Gasteiger partial charge in [-0.3, -0.25) is 0 Å². The van der Waals surface area contributed by atoms with E-state index in [2.05, 4.69) is 12.2 Å². The normalized spacial score (nSPS) is 18.6. The molecule has 1 aromatic rings. The molecule has 0 spiro atoms. The first kappa shape index (κ1) is 12.2. The Kier molecular flexibility index (Phi) is 3.24. The summed E-state index contributed by atoms with van der Waals surface area (Å²) >= 11 is 0. The molecular formula is C13H19FN2O. The van der Waals surface area contributed by atoms with Crippen LogP contribution in [0.3, 0.4) is 0 Å². The predicted octanol–water partition coefficient (Wildman–Crippen LogP) is 2.37. The third-order valence-corrected chi connectivity index (χ3v) is 3.48. The third-order valence-electron chi connectivity index (χ3n) is 3.48. The van der Waals surface area contributed by atoms with Gasteiger partial charge in [0.25, 0.3) is 0 Å². The maximum Gasteiger partial charge on any atom is 0.165 e. The number of nitrogens with one attached hydrogen (secondary N) is 1. The summed E-state index contributed by atoms with van der Waals surface area (Å²) in [6.45, 7) is 2.68. The van der Waals surface area contributed by atoms with Crippen LogP contribution in [0.5, 0.6) is 5.75 Å². The van der Waals surface area contributed by atoms with Gasteiger partial charge in [-0.05, 0) is 37.8 Å². The van der Waals surface area contributed by atoms with Gasteiger partial charge in [0.05, 0.1) is 7.11 Å². The molecule has 1 saturated carbocycles. The molecule has 3 nitrogen and oxygen atoms in total. The average Bonchev–Trinajstić information content (AvgIpc) is 3.16. The van der Waals surface area contributed by atoms with Crippen molar-refractivity contribution in [3.05, 3.63) is 24.0 Å². The van der Waals surface area contributed by atoms with Gasteiger partial charge < -0.3 is 15.8 Å². The summed E-state index contributed by atoms with van der Waals surface area (Å²) in [5, 5.41) is 3.40. The van der Waals surface area contributed by atoms with E-state index in [-0.39, 0.29) is 17.1 Å². The van der Waals surface area contributed by atoms with E-state index in [1.54, 1.807) is 12.1 Å². The molecule has 1 unspecified atom stereocenters. The van der Waals surface area contributed by atoms with Crippen molar-refractivity contribution in [1.82, 2.24) is 0 Å². The van der Waals surface area contributed by atoms with Gasteiger partial charge in [0.15, 0.2) is 11.6 Å². The fourth-order valence-corrected chi connectivity index (χ4v) is 2.11. The molecule has 1 fully saturated rings. The molecule has 0 aliphatic heterocycles. The third kappa shape index (κ3) is 2.52. The highest BCUT2D eigenvalue weighted by Gasteiger charge is 2.40. The van der Waals surface area contributed by atoms with Crippen LogP contribution in [-0.4, -0.2) is 19.2 Å². The number of nitrogens with two attached hydrogens (primary N) is 1. The maximum absolute atomic E-state index is 13.3. The Labute approximate surface area is 101 Å². The highest BCUT2D eigenvalue weighted by Crippen LogP contribution is 2.41. The largest absolute Gasteiger partial charge is 0.494 e. The minimum Gasteiger partial charge on any atom is -0.494 e. The van der Waals surface area contributed by atoms with Crippen molar-refractivity contribution in [2.75, 3.05) is 19.0 Å². The fraction of sp³-hybridized carbons (Fsp3) is 0.538. The van der Waals surface area contributed by atoms with Crippen LogP contribution in [0.2, 0.25) is 0 Å². The van der Waals surface area contributed by atoms with Gasteiger partial charge in [0.2, 0.25) is 0 Å². The van der Waals surface area contributed by atoms with Crippen LogP contribution in [0.25, 0.3) is 0 Å². The lowest BCUT2D eigenvalue weighted by molar-refractivity contribution is 0.386. The topological polar surface area (TPSA) is 47.3 Å². The SMILES string of the molecule is COc1cc(NC(C)(CN)C2CC2)ccc1F. The molecule has 2 rings (SSSR count). The predicted molar refractivity (Wildman–Crippen MR) is 66.8 cm³/mol. The minimum absolute atomic E-state index is 0.108. The number of methoxy groups -OCH3 is 1. The van der Waals surface area contributed by atoms with Crippen molar-refractivity contribution < 1.29 is 9.13 Å². The Hall–Kier alpha value is -1.29. The fourth-order valence-electron chi connectivity index (χ4n) is 2.11. The molecular weight excluding hydrogens is 219 g/mol. The molecule has 1 aromatic carbocycles. The second kappa shape index (κ2) is 4.53. The van der Waals surface area contributed by atoms with Gasteiger partial charge in [-0.1, -0.05) is 0 Å². The van der Waals surface area contributed by atoms with Gasteiger partial charge >= 0.3 is 0 Å². The lowest BCUT2D eigenvalue weighted by Crippen LogP contribution is -2.44. The number of hydrogen-bond acceptors (Lipinski definition) is 3. The number of halogens is 1. The van der Waals surface area contributed by atoms with Gasteiger partial charge in [-0.15, -0.1) is 0 Å². The Balaban J connectivity index is 2.17. The van der Waals surface area contributed by atoms with Crippen LogP contribution in [-0.2, 0) is 0 Å². The molecule has 0 amide bonds. The maximum atomic E-state index is 13.3. The van der Waals surface area contributed by atoms with Crippen molar-refractivity contribution in [2.24, 2.45) is 11.7 Å². The second-order valence-electron chi connectivity index (χ2n) is 4.87. The zero-order valence-electron chi connectivity index (χ0n) is 10.3. The van der Waals surface area contributed by atoms with Crippen LogP contribution >= 0.6 is 0 Å². The van der Waals surface area contributed by atoms with E-state index >= 15 is 0 Å². The lowest BCUT2D eigenvalue weighted by Gasteiger charge is -2.31. The first-order valence-corrected chi connectivity index (χ1v) is 5.91. The van der Waals surface area contributed by atoms with Gasteiger partial charge in [-0.2, -0.15) is 0 Å². The molecule has 0 radical (unpaired) electrons. The van der Waals surface area contributed by atoms with Crippen LogP contribution < -0.4 is 15.8 Å². The first-order chi connectivity index (χ1) is 8.09. The Morgan fingerprint density at radius 3 is 2.76 bits per heavy atom. The van der Waals surface area contributed by atoms with Crippen molar-refractivity contribution >= 4 is 5.69 Å². The number of hydrogen-bond donors (Lipinski definition) is 2. The summed E-state index contributed by atoms with van der Waals surface area (Å²) in [6.07, 6.45) is 2.41. The number of anilines is 1. The second-order valence-corrected chi connectivity index (χ2v) is 4.87. The minimum atomic E-state index is -0.348. The summed E-state index contributed by atoms with van der Waals surface area (Å²) in [7, 11) is 1.46. The number of ether oxygens (including phenoxy) is 1. The van der Waals surface area contributed by atoms with E-state index in [9.17, 15) is 4.39 Å². The van der Waals surface area contributed by atoms with Gasteiger partial charge in [0.1, 0.15) is 0 Å². The zero-order chi connectivity index (χ0) is 12.5. The van der Waals surface area contributed by atoms with E-state index in [0.717, 1.165) is 5.69 Å². The summed E-state index contributed by atoms with van der Waals surface area (Å²) in [6, 6.07) is 4.80. The molecule has 94 valence electrons. The summed E-state index contributed by atoms with van der Waals surface area (Å²) < 4.78 is 18.2. The first-order valence-electron chi connectivity index (χ1n) is 5.91. The van der Waals surface area contributed by atoms with E-state index in [1.807, 2.05) is 0 Å². The van der Waals surface area contributed by atoms with Gasteiger partial charge in [0, 0.05) is 23.8 Å². The monoisotopic (exact) mass is 238 g/mol. The van der Waals surface area contributed by atoms with E-state index in [1.165, 1.54) is 26.0 Å². The van der Waals surface area contributed by atoms with E-state index < -0.39 is 0 Å². The quantitative estimate of drug-likeness (QED) is 0.828. The molecule has 17 heavy (non-hydrogen) atoms. The molecule has 1 aliphatic rings. The molecule has 0 heterocycles. The summed E-state index contributed by atoms with van der Waals surface area (Å²) in [4.78, 5) is 0. The molecule has 0 aromatic heterocycles. The average molecular weight is 238 g/mol. The lowest BCUT2D eigenvalue weighted by atomic mass is 9.95. The highest BCUT2D eigenvalue weighted by atomic mass is 19.1. The molecule has 1 atom stereocenters. The van der Waals surface area contributed by atoms with Crippen LogP contribution in [0, 0.1) is 11.7 Å². The number of benzene rings is 1. The molecule has 4 heteroatoms. The van der Waals surface area contributed by atoms with Crippen molar-refractivity contribution in [1.29, 1.82) is 0 Å². The van der Waals surface area contributed by atoms with Gasteiger partial charge in [-0.25, -0.2) is 4.39 Å². The highest BCUT2D eigenvalue weighted by molar-refractivity contribution is 5.51. The van der Waals surface area contributed by atoms with E-state index in [4.69, 9.17) is 10.5 Å². The molecule has 3 N–H and O–H groups in total. The Morgan fingerprint density at radius 1 is 1.53 bits per heavy atom. The van der Waals surface area contributed by atoms with Crippen LogP contribution in [0.1, 0.15) is 19.8 Å². The smallest absolute Gasteiger partial charge is 0.165 e. The zero-order valence-corrected chi connectivity index (χ0v) is 10.3. The van der Waals surface area contributed by atoms with Crippen molar-refractivity contribution in [2.45, 2.75) is 25.3 Å². The molecule has 1 aliphatic carbocycles. The molecule has 0 bridgehead atoms. The van der Waals surface area contributed by atoms with Crippen molar-refractivity contribution in [3.8, 4) is 5.75 Å². The summed E-state index contributed by atoms with van der Waals surface area (Å²) in [5.74, 6) is 0.521. The summed E-state index contributed by atoms with van der Waals surface area (Å²) in [5.41, 5.74) is 6.57. The van der Waals surface area contributed by atoms with E-state index in [0.29, 0.717) is 12.5 Å². The number of rotatable bonds is 5. The molecule has 0 saturated heterocycles.